The van der Waals surface area contributed by atoms with Gasteiger partial charge >= 0.3 is 0 Å². The van der Waals surface area contributed by atoms with E-state index in [-0.39, 0.29) is 7.43 Å². The van der Waals surface area contributed by atoms with Crippen molar-refractivity contribution in [3.63, 3.8) is 0 Å². The minimum atomic E-state index is 0. The van der Waals surface area contributed by atoms with Crippen molar-refractivity contribution in [1.82, 2.24) is 0 Å². The van der Waals surface area contributed by atoms with Crippen molar-refractivity contribution in [2.75, 3.05) is 11.9 Å². The van der Waals surface area contributed by atoms with Crippen molar-refractivity contribution in [1.29, 1.82) is 0 Å². The quantitative estimate of drug-likeness (QED) is 0.338. The highest BCUT2D eigenvalue weighted by atomic mass is 15.2. The van der Waals surface area contributed by atoms with E-state index in [1.807, 2.05) is 46.9 Å². The molecule has 2 aliphatic carbocycles. The van der Waals surface area contributed by atoms with E-state index >= 15 is 0 Å². The molecule has 0 radical (unpaired) electrons. The van der Waals surface area contributed by atoms with E-state index in [9.17, 15) is 0 Å². The molecule has 5 rings (SSSR count). The summed E-state index contributed by atoms with van der Waals surface area (Å²) >= 11 is 0. The summed E-state index contributed by atoms with van der Waals surface area (Å²) < 4.78 is 0. The van der Waals surface area contributed by atoms with Crippen LogP contribution >= 0.6 is 0 Å². The summed E-state index contributed by atoms with van der Waals surface area (Å²) in [7, 11) is 1.90. The molecule has 0 bridgehead atoms. The molecule has 0 N–H and O–H groups in total. The minimum absolute atomic E-state index is 0. The van der Waals surface area contributed by atoms with Crippen LogP contribution in [0.1, 0.15) is 74.1 Å². The zero-order valence-corrected chi connectivity index (χ0v) is 26.2. The van der Waals surface area contributed by atoms with E-state index in [1.165, 1.54) is 65.0 Å². The van der Waals surface area contributed by atoms with Crippen LogP contribution in [0.5, 0.6) is 0 Å². The summed E-state index contributed by atoms with van der Waals surface area (Å²) in [5.41, 5.74) is 10.4. The first kappa shape index (κ1) is 36.1. The molecule has 0 saturated heterocycles. The fourth-order valence-electron chi connectivity index (χ4n) is 5.44. The fraction of sp³-hybridized carbons (Fsp3) is 0.325. The van der Waals surface area contributed by atoms with Gasteiger partial charge in [-0.1, -0.05) is 140 Å². The van der Waals surface area contributed by atoms with E-state index in [2.05, 4.69) is 109 Å². The molecule has 3 aliphatic rings. The summed E-state index contributed by atoms with van der Waals surface area (Å²) in [6.07, 6.45) is 22.6. The Morgan fingerprint density at radius 3 is 2.00 bits per heavy atom. The molecule has 0 aromatic heterocycles. The highest BCUT2D eigenvalue weighted by molar-refractivity contribution is 6.14. The first-order chi connectivity index (χ1) is 20.2. The second-order valence-electron chi connectivity index (χ2n) is 9.37. The number of aliphatic imine (C=N–C) groups is 1. The predicted molar refractivity (Wildman–Crippen MR) is 191 cm³/mol. The van der Waals surface area contributed by atoms with Crippen molar-refractivity contribution in [2.24, 2.45) is 10.9 Å². The van der Waals surface area contributed by atoms with Crippen LogP contribution < -0.4 is 4.90 Å². The van der Waals surface area contributed by atoms with Gasteiger partial charge in [0.1, 0.15) is 0 Å². The molecule has 2 heteroatoms. The Kier molecular flexibility index (Phi) is 17.2. The van der Waals surface area contributed by atoms with Crippen LogP contribution in [-0.4, -0.2) is 12.8 Å². The molecule has 1 heterocycles. The van der Waals surface area contributed by atoms with Gasteiger partial charge in [-0.25, -0.2) is 0 Å². The van der Waals surface area contributed by atoms with Crippen LogP contribution in [0.3, 0.4) is 0 Å². The molecule has 0 fully saturated rings. The lowest BCUT2D eigenvalue weighted by Gasteiger charge is -2.26. The maximum Gasteiger partial charge on any atom is 0.0644 e. The maximum atomic E-state index is 4.57. The Balaban J connectivity index is 0.000000708. The van der Waals surface area contributed by atoms with E-state index in [0.29, 0.717) is 5.92 Å². The van der Waals surface area contributed by atoms with Crippen LogP contribution in [0.2, 0.25) is 0 Å². The monoisotopic (exact) mass is 562 g/mol. The van der Waals surface area contributed by atoms with Gasteiger partial charge in [-0.2, -0.15) is 0 Å². The molecular weight excluding hydrogens is 508 g/mol. The third kappa shape index (κ3) is 8.79. The van der Waals surface area contributed by atoms with Crippen molar-refractivity contribution in [2.45, 2.75) is 74.1 Å². The van der Waals surface area contributed by atoms with E-state index in [4.69, 9.17) is 0 Å². The van der Waals surface area contributed by atoms with Gasteiger partial charge in [0.2, 0.25) is 0 Å². The largest absolute Gasteiger partial charge is 0.314 e. The van der Waals surface area contributed by atoms with Gasteiger partial charge in [-0.15, -0.1) is 0 Å². The molecule has 1 aliphatic heterocycles. The van der Waals surface area contributed by atoms with Gasteiger partial charge in [-0.3, -0.25) is 4.99 Å². The zero-order valence-electron chi connectivity index (χ0n) is 26.2. The number of hydrogen-bond acceptors (Lipinski definition) is 2. The van der Waals surface area contributed by atoms with Crippen molar-refractivity contribution in [3.8, 4) is 11.1 Å². The second kappa shape index (κ2) is 20.0. The number of nitrogens with zero attached hydrogens (tertiary/aromatic N) is 2. The molecule has 1 unspecified atom stereocenters. The van der Waals surface area contributed by atoms with Crippen molar-refractivity contribution in [3.05, 3.63) is 139 Å². The molecule has 224 valence electrons. The molecular formula is C40H54N2. The molecule has 1 atom stereocenters. The average Bonchev–Trinajstić information content (AvgIpc) is 3.34. The lowest BCUT2D eigenvalue weighted by Crippen LogP contribution is -2.19. The summed E-state index contributed by atoms with van der Waals surface area (Å²) in [5, 5.41) is 0. The molecule has 0 spiro atoms. The average molecular weight is 563 g/mol. The van der Waals surface area contributed by atoms with Crippen LogP contribution in [0.15, 0.2) is 144 Å². The first-order valence-corrected chi connectivity index (χ1v) is 15.3. The van der Waals surface area contributed by atoms with Gasteiger partial charge in [0.05, 0.1) is 11.4 Å². The molecule has 42 heavy (non-hydrogen) atoms. The molecule has 2 aromatic carbocycles. The predicted octanol–water partition coefficient (Wildman–Crippen LogP) is 12.1. The van der Waals surface area contributed by atoms with E-state index in [0.717, 1.165) is 12.1 Å². The van der Waals surface area contributed by atoms with Crippen LogP contribution in [-0.2, 0) is 0 Å². The molecule has 2 nitrogen and oxygen atoms in total. The van der Waals surface area contributed by atoms with Gasteiger partial charge in [0.25, 0.3) is 0 Å². The third-order valence-corrected chi connectivity index (χ3v) is 7.14. The van der Waals surface area contributed by atoms with Crippen LogP contribution in [0.4, 0.5) is 5.69 Å². The summed E-state index contributed by atoms with van der Waals surface area (Å²) in [4.78, 5) is 7.08. The smallest absolute Gasteiger partial charge is 0.0644 e. The Morgan fingerprint density at radius 1 is 0.810 bits per heavy atom. The van der Waals surface area contributed by atoms with Gasteiger partial charge in [0.15, 0.2) is 0 Å². The highest BCUT2D eigenvalue weighted by Gasteiger charge is 2.39. The Bertz CT molecular complexity index is 1270. The maximum absolute atomic E-state index is 4.57. The topological polar surface area (TPSA) is 15.6 Å². The number of fused-ring (bicyclic) bond motifs is 2. The Morgan fingerprint density at radius 2 is 1.43 bits per heavy atom. The lowest BCUT2D eigenvalue weighted by molar-refractivity contribution is 0.556. The van der Waals surface area contributed by atoms with Crippen LogP contribution in [0, 0.1) is 5.92 Å². The number of anilines is 1. The Labute approximate surface area is 258 Å². The van der Waals surface area contributed by atoms with Crippen LogP contribution in [0.25, 0.3) is 11.1 Å². The van der Waals surface area contributed by atoms with Gasteiger partial charge < -0.3 is 4.90 Å². The summed E-state index contributed by atoms with van der Waals surface area (Å²) in [6.45, 7) is 17.1. The first-order valence-electron chi connectivity index (χ1n) is 15.3. The number of allylic oxidation sites excluding steroid dienone is 10. The minimum Gasteiger partial charge on any atom is -0.314 e. The second-order valence-corrected chi connectivity index (χ2v) is 9.37. The van der Waals surface area contributed by atoms with E-state index in [1.54, 1.807) is 12.2 Å². The molecule has 0 amide bonds. The van der Waals surface area contributed by atoms with E-state index < -0.39 is 0 Å². The number of rotatable bonds is 4. The standard InChI is InChI=1S/C29H30N2.C6H8.2C2H6.CH4/c1-3-24-26(30-2)19-20-28-29(24)25-13-9-4-5-10-14-27(25)31(28)23-17-15-22(16-18-23)21-11-7-6-8-12-21;1-3-5-6-4-2;2*1-2;/h3,6-8,11-12,14-20,25H,4-5,9-10,13H2,1-2H3;3-6H,1-2H2;2*1-2H3;1H4/b24-3+,27-14+,30-26?;6-5-;;;. The third-order valence-electron chi connectivity index (χ3n) is 7.14. The molecule has 0 saturated carbocycles. The SMILES string of the molecule is C.C/C=C1\C(=NC)C=CC2=C1C1CCCCC/C=C\1N2c1ccc(-c2ccccc2)cc1.C=C/C=C\C=C.CC.CC. The van der Waals surface area contributed by atoms with Gasteiger partial charge in [-0.05, 0) is 67.2 Å². The fourth-order valence-corrected chi connectivity index (χ4v) is 5.44. The summed E-state index contributed by atoms with van der Waals surface area (Å²) in [6, 6.07) is 19.7. The number of benzene rings is 2. The molecule has 2 aromatic rings. The van der Waals surface area contributed by atoms with Crippen molar-refractivity contribution < 1.29 is 0 Å². The zero-order chi connectivity index (χ0) is 30.0. The summed E-state index contributed by atoms with van der Waals surface area (Å²) in [5.74, 6) is 0.456. The normalized spacial score (nSPS) is 20.1. The highest BCUT2D eigenvalue weighted by Crippen LogP contribution is 2.49. The Hall–Kier alpha value is -3.91. The number of hydrogen-bond donors (Lipinski definition) is 0. The van der Waals surface area contributed by atoms with Gasteiger partial charge in [0, 0.05) is 29.9 Å². The lowest BCUT2D eigenvalue weighted by atomic mass is 9.82. The van der Waals surface area contributed by atoms with Crippen molar-refractivity contribution >= 4 is 11.4 Å².